The van der Waals surface area contributed by atoms with E-state index in [1.165, 1.54) is 17.5 Å². The van der Waals surface area contributed by atoms with Crippen LogP contribution in [-0.2, 0) is 0 Å². The van der Waals surface area contributed by atoms with Crippen LogP contribution in [0.4, 0.5) is 0 Å². The molecule has 2 atom stereocenters. The molecule has 0 aliphatic carbocycles. The van der Waals surface area contributed by atoms with E-state index < -0.39 is 0 Å². The number of aryl methyl sites for hydroxylation is 1. The van der Waals surface area contributed by atoms with Crippen LogP contribution < -0.4 is 5.32 Å². The Morgan fingerprint density at radius 2 is 1.68 bits per heavy atom. The van der Waals surface area contributed by atoms with E-state index in [1.807, 2.05) is 7.05 Å². The van der Waals surface area contributed by atoms with Crippen LogP contribution in [-0.4, -0.2) is 31.6 Å². The smallest absolute Gasteiger partial charge is 0.0446 e. The van der Waals surface area contributed by atoms with Gasteiger partial charge in [0.05, 0.1) is 0 Å². The largest absolute Gasteiger partial charge is 0.312 e. The average molecular weight is 262 g/mol. The first-order valence-electron chi connectivity index (χ1n) is 7.38. The second-order valence-electron chi connectivity index (χ2n) is 6.17. The first-order chi connectivity index (χ1) is 8.93. The molecule has 2 nitrogen and oxygen atoms in total. The highest BCUT2D eigenvalue weighted by molar-refractivity contribution is 5.24. The van der Waals surface area contributed by atoms with Crippen molar-refractivity contribution in [2.24, 2.45) is 5.92 Å². The zero-order chi connectivity index (χ0) is 14.4. The van der Waals surface area contributed by atoms with Crippen LogP contribution in [0.1, 0.15) is 44.4 Å². The highest BCUT2D eigenvalue weighted by atomic mass is 15.1. The molecule has 0 aromatic heterocycles. The fraction of sp³-hybridized carbons (Fsp3) is 0.647. The van der Waals surface area contributed by atoms with Gasteiger partial charge in [-0.2, -0.15) is 0 Å². The molecule has 0 saturated carbocycles. The van der Waals surface area contributed by atoms with Crippen molar-refractivity contribution >= 4 is 0 Å². The molecule has 1 aromatic rings. The van der Waals surface area contributed by atoms with Crippen LogP contribution in [0.15, 0.2) is 24.3 Å². The first-order valence-corrected chi connectivity index (χ1v) is 7.38. The summed E-state index contributed by atoms with van der Waals surface area (Å²) in [6, 6.07) is 9.88. The van der Waals surface area contributed by atoms with E-state index in [0.717, 1.165) is 12.5 Å². The molecule has 19 heavy (non-hydrogen) atoms. The van der Waals surface area contributed by atoms with Gasteiger partial charge in [0.2, 0.25) is 0 Å². The van der Waals surface area contributed by atoms with Crippen molar-refractivity contribution in [1.82, 2.24) is 10.2 Å². The van der Waals surface area contributed by atoms with Crippen LogP contribution in [0, 0.1) is 12.8 Å². The van der Waals surface area contributed by atoms with Crippen molar-refractivity contribution in [3.8, 4) is 0 Å². The van der Waals surface area contributed by atoms with E-state index in [4.69, 9.17) is 0 Å². The van der Waals surface area contributed by atoms with Crippen molar-refractivity contribution in [2.75, 3.05) is 20.6 Å². The van der Waals surface area contributed by atoms with Crippen LogP contribution in [0.5, 0.6) is 0 Å². The van der Waals surface area contributed by atoms with E-state index in [1.54, 1.807) is 0 Å². The molecule has 2 heteroatoms. The Morgan fingerprint density at radius 1 is 1.11 bits per heavy atom. The minimum absolute atomic E-state index is 0.403. The lowest BCUT2D eigenvalue weighted by Gasteiger charge is -2.30. The number of hydrogen-bond acceptors (Lipinski definition) is 2. The van der Waals surface area contributed by atoms with E-state index in [2.05, 4.69) is 69.2 Å². The molecular weight excluding hydrogens is 232 g/mol. The van der Waals surface area contributed by atoms with Gasteiger partial charge in [0.15, 0.2) is 0 Å². The normalized spacial score (nSPS) is 14.9. The van der Waals surface area contributed by atoms with Gasteiger partial charge in [0.1, 0.15) is 0 Å². The van der Waals surface area contributed by atoms with Crippen molar-refractivity contribution in [1.29, 1.82) is 0 Å². The van der Waals surface area contributed by atoms with Gasteiger partial charge < -0.3 is 10.2 Å². The number of nitrogens with zero attached hydrogens (tertiary/aromatic N) is 1. The molecule has 0 aliphatic rings. The summed E-state index contributed by atoms with van der Waals surface area (Å²) in [7, 11) is 4.27. The maximum Gasteiger partial charge on any atom is 0.0446 e. The number of benzene rings is 1. The molecule has 0 bridgehead atoms. The molecule has 0 heterocycles. The lowest BCUT2D eigenvalue weighted by molar-refractivity contribution is 0.208. The maximum absolute atomic E-state index is 3.44. The summed E-state index contributed by atoms with van der Waals surface area (Å²) in [5.74, 6) is 0.755. The Morgan fingerprint density at radius 3 is 2.16 bits per heavy atom. The maximum atomic E-state index is 3.44. The van der Waals surface area contributed by atoms with Gasteiger partial charge in [-0.05, 0) is 45.8 Å². The predicted octanol–water partition coefficient (Wildman–Crippen LogP) is 3.62. The quantitative estimate of drug-likeness (QED) is 0.807. The molecule has 0 radical (unpaired) electrons. The van der Waals surface area contributed by atoms with Gasteiger partial charge in [-0.25, -0.2) is 0 Å². The summed E-state index contributed by atoms with van der Waals surface area (Å²) >= 11 is 0. The van der Waals surface area contributed by atoms with Crippen molar-refractivity contribution in [2.45, 2.75) is 46.2 Å². The van der Waals surface area contributed by atoms with E-state index >= 15 is 0 Å². The minimum Gasteiger partial charge on any atom is -0.312 e. The van der Waals surface area contributed by atoms with E-state index in [-0.39, 0.29) is 0 Å². The van der Waals surface area contributed by atoms with E-state index in [0.29, 0.717) is 12.1 Å². The number of likely N-dealkylation sites (N-methyl/N-ethyl adjacent to an activating group) is 2. The fourth-order valence-electron chi connectivity index (χ4n) is 2.49. The number of rotatable bonds is 7. The Labute approximate surface area is 119 Å². The highest BCUT2D eigenvalue weighted by Crippen LogP contribution is 2.17. The topological polar surface area (TPSA) is 15.3 Å². The minimum atomic E-state index is 0.403. The monoisotopic (exact) mass is 262 g/mol. The third kappa shape index (κ3) is 5.33. The molecule has 2 unspecified atom stereocenters. The molecule has 1 aromatic carbocycles. The third-order valence-corrected chi connectivity index (χ3v) is 3.86. The standard InChI is InChI=1S/C17H30N2/c1-13(2)11-15(4)19(6)12-17(18-5)16-9-7-14(3)8-10-16/h7-10,13,15,17-18H,11-12H2,1-6H3. The molecule has 0 fully saturated rings. The second-order valence-corrected chi connectivity index (χ2v) is 6.17. The van der Waals surface area contributed by atoms with Crippen molar-refractivity contribution < 1.29 is 0 Å². The Hall–Kier alpha value is -0.860. The molecule has 0 saturated heterocycles. The molecule has 0 spiro atoms. The van der Waals surface area contributed by atoms with Crippen LogP contribution in [0.2, 0.25) is 0 Å². The van der Waals surface area contributed by atoms with Crippen molar-refractivity contribution in [3.05, 3.63) is 35.4 Å². The average Bonchev–Trinajstić information content (AvgIpc) is 2.36. The summed E-state index contributed by atoms with van der Waals surface area (Å²) < 4.78 is 0. The summed E-state index contributed by atoms with van der Waals surface area (Å²) in [5.41, 5.74) is 2.69. The number of nitrogens with one attached hydrogen (secondary N) is 1. The van der Waals surface area contributed by atoms with Gasteiger partial charge in [-0.15, -0.1) is 0 Å². The summed E-state index contributed by atoms with van der Waals surface area (Å²) in [6.45, 7) is 10.1. The summed E-state index contributed by atoms with van der Waals surface area (Å²) in [4.78, 5) is 2.46. The van der Waals surface area contributed by atoms with Crippen molar-refractivity contribution in [3.63, 3.8) is 0 Å². The molecule has 0 aliphatic heterocycles. The number of hydrogen-bond donors (Lipinski definition) is 1. The molecule has 108 valence electrons. The SMILES string of the molecule is CNC(CN(C)C(C)CC(C)C)c1ccc(C)cc1. The van der Waals surface area contributed by atoms with Crippen LogP contribution >= 0.6 is 0 Å². The zero-order valence-corrected chi connectivity index (χ0v) is 13.4. The van der Waals surface area contributed by atoms with Gasteiger partial charge in [-0.3, -0.25) is 0 Å². The Kier molecular flexibility index (Phi) is 6.53. The predicted molar refractivity (Wildman–Crippen MR) is 84.5 cm³/mol. The van der Waals surface area contributed by atoms with Crippen LogP contribution in [0.3, 0.4) is 0 Å². The summed E-state index contributed by atoms with van der Waals surface area (Å²) in [5, 5.41) is 3.44. The highest BCUT2D eigenvalue weighted by Gasteiger charge is 2.16. The Bertz CT molecular complexity index is 356. The molecule has 0 amide bonds. The van der Waals surface area contributed by atoms with E-state index in [9.17, 15) is 0 Å². The lowest BCUT2D eigenvalue weighted by Crippen LogP contribution is -2.37. The first kappa shape index (κ1) is 16.2. The van der Waals surface area contributed by atoms with Gasteiger partial charge in [0.25, 0.3) is 0 Å². The fourth-order valence-corrected chi connectivity index (χ4v) is 2.49. The van der Waals surface area contributed by atoms with Gasteiger partial charge >= 0.3 is 0 Å². The summed E-state index contributed by atoms with van der Waals surface area (Å²) in [6.07, 6.45) is 1.25. The molecular formula is C17H30N2. The van der Waals surface area contributed by atoms with Crippen LogP contribution in [0.25, 0.3) is 0 Å². The molecule has 1 N–H and O–H groups in total. The lowest BCUT2D eigenvalue weighted by atomic mass is 10.0. The van der Waals surface area contributed by atoms with Gasteiger partial charge in [0, 0.05) is 18.6 Å². The molecule has 1 rings (SSSR count). The third-order valence-electron chi connectivity index (χ3n) is 3.86. The Balaban J connectivity index is 2.63. The second kappa shape index (κ2) is 7.66. The zero-order valence-electron chi connectivity index (χ0n) is 13.4. The van der Waals surface area contributed by atoms with Gasteiger partial charge in [-0.1, -0.05) is 43.7 Å².